The summed E-state index contributed by atoms with van der Waals surface area (Å²) in [5.74, 6) is 0.363. The van der Waals surface area contributed by atoms with Gasteiger partial charge in [-0.2, -0.15) is 0 Å². The first-order valence-corrected chi connectivity index (χ1v) is 9.58. The molecule has 0 radical (unpaired) electrons. The fraction of sp³-hybridized carbons (Fsp3) is 0.421. The third-order valence-corrected chi connectivity index (χ3v) is 5.16. The molecule has 132 valence electrons. The molecule has 3 rings (SSSR count). The number of aromatic nitrogens is 2. The van der Waals surface area contributed by atoms with Crippen LogP contribution in [0.1, 0.15) is 23.9 Å². The normalized spacial score (nSPS) is 16.0. The maximum Gasteiger partial charge on any atom is 0.230 e. The molecular weight excluding hydrogens is 332 g/mol. The van der Waals surface area contributed by atoms with Crippen LogP contribution in [0.25, 0.3) is 0 Å². The van der Waals surface area contributed by atoms with Crippen molar-refractivity contribution in [3.8, 4) is 0 Å². The summed E-state index contributed by atoms with van der Waals surface area (Å²) in [5.41, 5.74) is 4.54. The van der Waals surface area contributed by atoms with Crippen LogP contribution in [0.4, 0.5) is 5.69 Å². The Balaban J connectivity index is 1.45. The fourth-order valence-corrected chi connectivity index (χ4v) is 4.00. The Kier molecular flexibility index (Phi) is 5.58. The van der Waals surface area contributed by atoms with Gasteiger partial charge >= 0.3 is 0 Å². The quantitative estimate of drug-likeness (QED) is 0.637. The molecule has 2 heterocycles. The smallest absolute Gasteiger partial charge is 0.230 e. The molecular formula is C19H24N4OS. The van der Waals surface area contributed by atoms with Crippen molar-refractivity contribution < 1.29 is 4.79 Å². The van der Waals surface area contributed by atoms with Crippen molar-refractivity contribution in [2.75, 3.05) is 23.7 Å². The van der Waals surface area contributed by atoms with Crippen LogP contribution in [0.5, 0.6) is 0 Å². The number of fused-ring (bicyclic) bond motifs is 1. The van der Waals surface area contributed by atoms with Gasteiger partial charge in [-0.3, -0.25) is 4.79 Å². The van der Waals surface area contributed by atoms with E-state index in [0.29, 0.717) is 23.5 Å². The number of carbonyl (C=O) groups is 1. The summed E-state index contributed by atoms with van der Waals surface area (Å²) in [6.45, 7) is 7.58. The van der Waals surface area contributed by atoms with E-state index in [9.17, 15) is 4.79 Å². The predicted molar refractivity (Wildman–Crippen MR) is 102 cm³/mol. The van der Waals surface area contributed by atoms with Crippen LogP contribution in [0.2, 0.25) is 0 Å². The molecule has 1 aromatic carbocycles. The second-order valence-corrected chi connectivity index (χ2v) is 7.39. The van der Waals surface area contributed by atoms with Crippen LogP contribution in [0.3, 0.4) is 0 Å². The van der Waals surface area contributed by atoms with Crippen molar-refractivity contribution in [2.24, 2.45) is 0 Å². The van der Waals surface area contributed by atoms with Crippen LogP contribution < -0.4 is 10.2 Å². The Hall–Kier alpha value is -2.08. The minimum atomic E-state index is 0.0212. The number of thioether (sulfide) groups is 1. The first-order valence-electron chi connectivity index (χ1n) is 8.59. The van der Waals surface area contributed by atoms with E-state index in [4.69, 9.17) is 0 Å². The lowest BCUT2D eigenvalue weighted by Gasteiger charge is -2.25. The van der Waals surface area contributed by atoms with E-state index in [0.717, 1.165) is 24.4 Å². The van der Waals surface area contributed by atoms with Gasteiger partial charge in [0.1, 0.15) is 0 Å². The lowest BCUT2D eigenvalue weighted by molar-refractivity contribution is -0.118. The SMILES string of the molecule is Cc1cc(C)nc(SCC(=O)NCCN2c3ccccc3C[C@@H]2C)n1. The minimum Gasteiger partial charge on any atom is -0.367 e. The molecule has 6 heteroatoms. The minimum absolute atomic E-state index is 0.0212. The monoisotopic (exact) mass is 356 g/mol. The Bertz CT molecular complexity index is 745. The molecule has 2 aromatic rings. The number of amides is 1. The molecule has 0 saturated heterocycles. The number of nitrogens with one attached hydrogen (secondary N) is 1. The summed E-state index contributed by atoms with van der Waals surface area (Å²) in [6.07, 6.45) is 1.07. The predicted octanol–water partition coefficient (Wildman–Crippen LogP) is 2.75. The number of nitrogens with zero attached hydrogens (tertiary/aromatic N) is 3. The summed E-state index contributed by atoms with van der Waals surface area (Å²) in [5, 5.41) is 3.67. The van der Waals surface area contributed by atoms with Crippen LogP contribution in [0, 0.1) is 13.8 Å². The molecule has 1 N–H and O–H groups in total. The molecule has 1 atom stereocenters. The van der Waals surface area contributed by atoms with Crippen LogP contribution in [-0.2, 0) is 11.2 Å². The van der Waals surface area contributed by atoms with E-state index in [2.05, 4.69) is 51.4 Å². The molecule has 1 aliphatic rings. The number of benzene rings is 1. The second-order valence-electron chi connectivity index (χ2n) is 6.45. The van der Waals surface area contributed by atoms with Gasteiger partial charge in [-0.25, -0.2) is 9.97 Å². The van der Waals surface area contributed by atoms with Crippen molar-refractivity contribution in [1.29, 1.82) is 0 Å². The highest BCUT2D eigenvalue weighted by molar-refractivity contribution is 7.99. The largest absolute Gasteiger partial charge is 0.367 e. The highest BCUT2D eigenvalue weighted by Gasteiger charge is 2.24. The number of carbonyl (C=O) groups excluding carboxylic acids is 1. The summed E-state index contributed by atoms with van der Waals surface area (Å²) in [4.78, 5) is 23.1. The number of anilines is 1. The zero-order chi connectivity index (χ0) is 17.8. The van der Waals surface area contributed by atoms with E-state index in [1.807, 2.05) is 19.9 Å². The highest BCUT2D eigenvalue weighted by atomic mass is 32.2. The fourth-order valence-electron chi connectivity index (χ4n) is 3.23. The van der Waals surface area contributed by atoms with Crippen LogP contribution in [0.15, 0.2) is 35.5 Å². The molecule has 0 saturated carbocycles. The Morgan fingerprint density at radius 1 is 1.28 bits per heavy atom. The van der Waals surface area contributed by atoms with Crippen molar-refractivity contribution in [2.45, 2.75) is 38.4 Å². The van der Waals surface area contributed by atoms with Gasteiger partial charge in [0.15, 0.2) is 5.16 Å². The molecule has 0 bridgehead atoms. The third kappa shape index (κ3) is 4.51. The standard InChI is InChI=1S/C19H24N4OS/c1-13-10-14(2)22-19(21-13)25-12-18(24)20-8-9-23-15(3)11-16-6-4-5-7-17(16)23/h4-7,10,15H,8-9,11-12H2,1-3H3,(H,20,24)/t15-/m0/s1. The zero-order valence-electron chi connectivity index (χ0n) is 15.0. The van der Waals surface area contributed by atoms with E-state index >= 15 is 0 Å². The molecule has 1 aromatic heterocycles. The molecule has 5 nitrogen and oxygen atoms in total. The first kappa shape index (κ1) is 17.7. The van der Waals surface area contributed by atoms with Gasteiger partial charge in [-0.05, 0) is 44.9 Å². The number of hydrogen-bond donors (Lipinski definition) is 1. The number of rotatable bonds is 6. The average Bonchev–Trinajstić information content (AvgIpc) is 2.88. The van der Waals surface area contributed by atoms with Gasteiger partial charge in [-0.15, -0.1) is 0 Å². The number of para-hydroxylation sites is 1. The van der Waals surface area contributed by atoms with Crippen molar-refractivity contribution in [3.63, 3.8) is 0 Å². The lowest BCUT2D eigenvalue weighted by Crippen LogP contribution is -2.38. The summed E-state index contributed by atoms with van der Waals surface area (Å²) in [7, 11) is 0. The van der Waals surface area contributed by atoms with Crippen molar-refractivity contribution in [1.82, 2.24) is 15.3 Å². The molecule has 1 aliphatic heterocycles. The van der Waals surface area contributed by atoms with E-state index in [1.54, 1.807) is 0 Å². The van der Waals surface area contributed by atoms with Crippen LogP contribution >= 0.6 is 11.8 Å². The van der Waals surface area contributed by atoms with Gasteiger partial charge in [0, 0.05) is 36.2 Å². The second kappa shape index (κ2) is 7.87. The van der Waals surface area contributed by atoms with Crippen molar-refractivity contribution in [3.05, 3.63) is 47.3 Å². The van der Waals surface area contributed by atoms with Gasteiger partial charge in [-0.1, -0.05) is 30.0 Å². The zero-order valence-corrected chi connectivity index (χ0v) is 15.8. The molecule has 0 spiro atoms. The van der Waals surface area contributed by atoms with Crippen LogP contribution in [-0.4, -0.2) is 40.8 Å². The Labute approximate surface area is 153 Å². The lowest BCUT2D eigenvalue weighted by atomic mass is 10.1. The molecule has 1 amide bonds. The molecule has 0 fully saturated rings. The average molecular weight is 356 g/mol. The van der Waals surface area contributed by atoms with Crippen molar-refractivity contribution >= 4 is 23.4 Å². The maximum atomic E-state index is 12.1. The van der Waals surface area contributed by atoms with Gasteiger partial charge in [0.2, 0.25) is 5.91 Å². The third-order valence-electron chi connectivity index (χ3n) is 4.32. The van der Waals surface area contributed by atoms with E-state index < -0.39 is 0 Å². The summed E-state index contributed by atoms with van der Waals surface area (Å²) < 4.78 is 0. The van der Waals surface area contributed by atoms with Gasteiger partial charge < -0.3 is 10.2 Å². The first-order chi connectivity index (χ1) is 12.0. The highest BCUT2D eigenvalue weighted by Crippen LogP contribution is 2.31. The topological polar surface area (TPSA) is 58.1 Å². The Morgan fingerprint density at radius 2 is 2.00 bits per heavy atom. The number of hydrogen-bond acceptors (Lipinski definition) is 5. The van der Waals surface area contributed by atoms with Gasteiger partial charge in [0.05, 0.1) is 5.75 Å². The molecule has 0 aliphatic carbocycles. The molecule has 0 unspecified atom stereocenters. The maximum absolute atomic E-state index is 12.1. The Morgan fingerprint density at radius 3 is 2.76 bits per heavy atom. The van der Waals surface area contributed by atoms with Gasteiger partial charge in [0.25, 0.3) is 0 Å². The number of aryl methyl sites for hydroxylation is 2. The molecule has 25 heavy (non-hydrogen) atoms. The van der Waals surface area contributed by atoms with E-state index in [-0.39, 0.29) is 5.91 Å². The summed E-state index contributed by atoms with van der Waals surface area (Å²) in [6, 6.07) is 10.9. The summed E-state index contributed by atoms with van der Waals surface area (Å²) >= 11 is 1.38. The van der Waals surface area contributed by atoms with E-state index in [1.165, 1.54) is 23.0 Å².